The van der Waals surface area contributed by atoms with Gasteiger partial charge in [-0.2, -0.15) is 0 Å². The van der Waals surface area contributed by atoms with Crippen LogP contribution in [0.25, 0.3) is 216 Å². The molecule has 29 aromatic rings. The summed E-state index contributed by atoms with van der Waals surface area (Å²) in [6.07, 6.45) is 9.58. The van der Waals surface area contributed by atoms with Crippen molar-refractivity contribution in [1.29, 1.82) is 0 Å². The van der Waals surface area contributed by atoms with Gasteiger partial charge >= 0.3 is 0 Å². The molecule has 0 saturated heterocycles. The van der Waals surface area contributed by atoms with Gasteiger partial charge in [0.15, 0.2) is 5.82 Å². The number of benzene rings is 19. The topological polar surface area (TPSA) is 114 Å². The van der Waals surface area contributed by atoms with Crippen molar-refractivity contribution in [2.75, 3.05) is 14.7 Å². The van der Waals surface area contributed by atoms with Gasteiger partial charge in [-0.05, 0) is 269 Å². The molecule has 692 valence electrons. The highest BCUT2D eigenvalue weighted by molar-refractivity contribution is 7.26. The summed E-state index contributed by atoms with van der Waals surface area (Å²) in [6, 6.07) is 169. The quantitative estimate of drug-likeness (QED) is 0.0868. The Bertz CT molecular complexity index is 9100. The summed E-state index contributed by atoms with van der Waals surface area (Å²) >= 11 is 5.53. The largest absolute Gasteiger partial charge is 0.456 e. The molecule has 0 aliphatic carbocycles. The molecule has 11 nitrogen and oxygen atoms in total. The van der Waals surface area contributed by atoms with Crippen LogP contribution in [0.5, 0.6) is 0 Å². The minimum atomic E-state index is 0.698. The lowest BCUT2D eigenvalue weighted by Gasteiger charge is -2.25. The summed E-state index contributed by atoms with van der Waals surface area (Å²) in [6.45, 7) is 0. The van der Waals surface area contributed by atoms with E-state index in [9.17, 15) is 0 Å². The molecule has 10 heterocycles. The zero-order valence-corrected chi connectivity index (χ0v) is 81.5. The molecule has 0 aliphatic rings. The van der Waals surface area contributed by atoms with E-state index in [0.29, 0.717) is 5.82 Å². The number of hydrogen-bond acceptors (Lipinski definition) is 14. The van der Waals surface area contributed by atoms with Crippen molar-refractivity contribution in [2.24, 2.45) is 0 Å². The Morgan fingerprint density at radius 1 is 0.150 bits per heavy atom. The molecule has 29 rings (SSSR count). The fourth-order valence-electron chi connectivity index (χ4n) is 20.4. The number of fused-ring (bicyclic) bond motifs is 18. The van der Waals surface area contributed by atoms with Gasteiger partial charge in [0.2, 0.25) is 0 Å². The number of furan rings is 3. The van der Waals surface area contributed by atoms with Gasteiger partial charge in [-0.15, -0.1) is 34.0 Å². The van der Waals surface area contributed by atoms with E-state index in [2.05, 4.69) is 396 Å². The van der Waals surface area contributed by atoms with Crippen LogP contribution in [0.15, 0.2) is 523 Å². The summed E-state index contributed by atoms with van der Waals surface area (Å²) in [7, 11) is 0. The van der Waals surface area contributed by atoms with E-state index < -0.39 is 0 Å². The average Bonchev–Trinajstić information content (AvgIpc) is 1.73. The maximum atomic E-state index is 6.08. The van der Waals surface area contributed by atoms with Crippen LogP contribution >= 0.6 is 34.0 Å². The number of aromatic nitrogens is 5. The van der Waals surface area contributed by atoms with E-state index in [0.717, 1.165) is 179 Å². The maximum Gasteiger partial charge on any atom is 0.159 e. The minimum Gasteiger partial charge on any atom is -0.456 e. The zero-order valence-electron chi connectivity index (χ0n) is 79.0. The van der Waals surface area contributed by atoms with E-state index in [-0.39, 0.29) is 0 Å². The van der Waals surface area contributed by atoms with Gasteiger partial charge in [0, 0.05) is 155 Å². The van der Waals surface area contributed by atoms with Crippen LogP contribution in [-0.4, -0.2) is 24.9 Å². The average molecular weight is 1940 g/mol. The Balaban J connectivity index is 0.000000109. The molecule has 0 amide bonds. The first-order valence-electron chi connectivity index (χ1n) is 49.0. The number of pyridine rings is 3. The molecule has 0 fully saturated rings. The Hall–Kier alpha value is -18.8. The number of nitrogens with zero attached hydrogens (tertiary/aromatic N) is 8. The Morgan fingerprint density at radius 2 is 0.415 bits per heavy atom. The first-order valence-corrected chi connectivity index (χ1v) is 51.4. The van der Waals surface area contributed by atoms with Crippen molar-refractivity contribution >= 4 is 212 Å². The number of hydrogen-bond donors (Lipinski definition) is 0. The van der Waals surface area contributed by atoms with Gasteiger partial charge in [-0.25, -0.2) is 9.97 Å². The molecular weight excluding hydrogens is 1850 g/mol. The van der Waals surface area contributed by atoms with Crippen molar-refractivity contribution in [2.45, 2.75) is 0 Å². The van der Waals surface area contributed by atoms with Crippen molar-refractivity contribution in [3.63, 3.8) is 0 Å². The summed E-state index contributed by atoms with van der Waals surface area (Å²) in [5.74, 6) is 0.698. The van der Waals surface area contributed by atoms with Gasteiger partial charge < -0.3 is 28.0 Å². The highest BCUT2D eigenvalue weighted by Crippen LogP contribution is 2.47. The molecule has 14 heteroatoms. The van der Waals surface area contributed by atoms with Crippen molar-refractivity contribution in [1.82, 2.24) is 24.9 Å². The third-order valence-electron chi connectivity index (χ3n) is 27.7. The molecule has 0 radical (unpaired) electrons. The summed E-state index contributed by atoms with van der Waals surface area (Å²) in [5.41, 5.74) is 30.9. The van der Waals surface area contributed by atoms with E-state index in [1.807, 2.05) is 168 Å². The molecule has 0 N–H and O–H groups in total. The van der Waals surface area contributed by atoms with Crippen LogP contribution in [-0.2, 0) is 0 Å². The van der Waals surface area contributed by atoms with Crippen LogP contribution in [0.3, 0.4) is 0 Å². The third-order valence-corrected chi connectivity index (χ3v) is 31.2. The lowest BCUT2D eigenvalue weighted by atomic mass is 10.0. The van der Waals surface area contributed by atoms with E-state index >= 15 is 0 Å². The van der Waals surface area contributed by atoms with Gasteiger partial charge in [-0.3, -0.25) is 15.0 Å². The van der Waals surface area contributed by atoms with Crippen molar-refractivity contribution in [3.05, 3.63) is 510 Å². The van der Waals surface area contributed by atoms with E-state index in [4.69, 9.17) is 33.2 Å². The van der Waals surface area contributed by atoms with Crippen molar-refractivity contribution in [3.8, 4) is 89.7 Å². The molecule has 19 aromatic carbocycles. The van der Waals surface area contributed by atoms with Crippen LogP contribution in [0.1, 0.15) is 0 Å². The molecule has 0 saturated carbocycles. The highest BCUT2D eigenvalue weighted by atomic mass is 32.1. The normalized spacial score (nSPS) is 11.5. The number of thiophene rings is 3. The number of anilines is 9. The summed E-state index contributed by atoms with van der Waals surface area (Å²) < 4.78 is 26.1. The lowest BCUT2D eigenvalue weighted by Crippen LogP contribution is -2.11. The van der Waals surface area contributed by atoms with Gasteiger partial charge in [0.1, 0.15) is 33.5 Å². The van der Waals surface area contributed by atoms with Crippen LogP contribution in [0.2, 0.25) is 0 Å². The first kappa shape index (κ1) is 87.2. The Labute approximate surface area is 857 Å². The fraction of sp³-hybridized carbons (Fsp3) is 0. The lowest BCUT2D eigenvalue weighted by molar-refractivity contribution is 0.668. The Morgan fingerprint density at radius 3 is 0.796 bits per heavy atom. The summed E-state index contributed by atoms with van der Waals surface area (Å²) in [4.78, 5) is 30.8. The highest BCUT2D eigenvalue weighted by Gasteiger charge is 2.23. The molecule has 0 bridgehead atoms. The summed E-state index contributed by atoms with van der Waals surface area (Å²) in [5, 5.41) is 14.5. The monoisotopic (exact) mass is 1940 g/mol. The number of para-hydroxylation sites is 4. The SMILES string of the molecule is c1ccc(-c2ccc(N(c3ccc(-c4ccc5oc6ccccc6c5c4)cc3)c3ccc(-c4ccc5sc6ccccc6c5c4)nc3)cc2)nc1.c1ccc(-c2ncc(N(c3ccc(-c4ccc5oc6ccccc6c5c4)cc3)c3ccc(-c4ccc5sc6ccccc6c5c4)cc3)cn2)cc1.c1ccc(N(c2ccc(-c3ccc4sc5ccccc5c4c3)cc2)c2ccc(-c3ccc4oc5ccccc5c4c3)nc2)cc1. The van der Waals surface area contributed by atoms with E-state index in [1.54, 1.807) is 0 Å². The predicted molar refractivity (Wildman–Crippen MR) is 616 cm³/mol. The van der Waals surface area contributed by atoms with Crippen LogP contribution in [0, 0.1) is 0 Å². The second-order valence-electron chi connectivity index (χ2n) is 36.6. The fourth-order valence-corrected chi connectivity index (χ4v) is 23.6. The minimum absolute atomic E-state index is 0.698. The Kier molecular flexibility index (Phi) is 22.3. The molecule has 147 heavy (non-hydrogen) atoms. The van der Waals surface area contributed by atoms with Crippen molar-refractivity contribution < 1.29 is 13.3 Å². The van der Waals surface area contributed by atoms with E-state index in [1.165, 1.54) is 82.8 Å². The van der Waals surface area contributed by atoms with Gasteiger partial charge in [-0.1, -0.05) is 255 Å². The molecule has 10 aromatic heterocycles. The molecule has 0 unspecified atom stereocenters. The standard InChI is InChI=1S/2C46H29N3OS.C41H26N2OS/c1-3-10-43-37(7-1)39-27-32(16-24-44(39)50-43)30-12-18-34(19-13-30)49(35-20-14-31(15-21-35)41-9-5-6-26-47-41)36-22-23-42(48-29-36)33-17-25-46-40(28-33)38-8-2-4-11-45(38)51-46;1-2-8-32(9-3-1)46-47-28-37(29-48-46)49(35-20-14-30(15-21-35)33-18-24-43-40(26-33)38-10-4-6-12-42(38)50-43)36-22-16-31(17-23-36)34-19-25-45-41(27-34)39-11-5-7-13-44(39)51-45;1-2-8-30(9-3-1)43(31-18-14-27(15-19-31)28-17-23-41-36(24-28)34-11-5-7-13-40(34)45-41)32-20-21-37(42-26-32)29-16-22-39-35(25-29)33-10-4-6-12-38(33)44-39/h2*1-29H;1-26H. The maximum absolute atomic E-state index is 6.08. The van der Waals surface area contributed by atoms with Gasteiger partial charge in [0.05, 0.1) is 58.9 Å². The smallest absolute Gasteiger partial charge is 0.159 e. The molecule has 0 spiro atoms. The second-order valence-corrected chi connectivity index (χ2v) is 39.8. The number of rotatable bonds is 17. The predicted octanol–water partition coefficient (Wildman–Crippen LogP) is 38.6. The second kappa shape index (κ2) is 37.6. The van der Waals surface area contributed by atoms with Gasteiger partial charge in [0.25, 0.3) is 0 Å². The molecule has 0 aliphatic heterocycles. The van der Waals surface area contributed by atoms with Crippen LogP contribution in [0.4, 0.5) is 51.2 Å². The first-order chi connectivity index (χ1) is 72.8. The zero-order chi connectivity index (χ0) is 97.2. The molecule has 0 atom stereocenters. The molecular formula is C133H84N8O3S3. The third kappa shape index (κ3) is 16.7. The van der Waals surface area contributed by atoms with Crippen LogP contribution < -0.4 is 14.7 Å².